The number of likely N-dealkylation sites (tertiary alicyclic amines) is 1. The Morgan fingerprint density at radius 1 is 1.13 bits per heavy atom. The number of nitrogens with zero attached hydrogens (tertiary/aromatic N) is 2. The standard InChI is InChI=1S/C25H25FN2O2/c1-30-23-8-2-5-18(16-23)15-22-7-3-9-24(27-22)20-6-4-14-28(17-20)25(29)19-10-12-21(26)13-11-19/h2-3,5,7-13,16,20H,4,6,14-15,17H2,1H3/t20-/m0/s1. The normalized spacial score (nSPS) is 16.3. The molecule has 1 aromatic heterocycles. The molecule has 0 unspecified atom stereocenters. The van der Waals surface area contributed by atoms with E-state index in [9.17, 15) is 9.18 Å². The van der Waals surface area contributed by atoms with Crippen molar-refractivity contribution >= 4 is 5.91 Å². The minimum Gasteiger partial charge on any atom is -0.497 e. The molecule has 30 heavy (non-hydrogen) atoms. The molecule has 2 aromatic carbocycles. The second-order valence-electron chi connectivity index (χ2n) is 7.68. The second kappa shape index (κ2) is 9.08. The summed E-state index contributed by atoms with van der Waals surface area (Å²) in [5.74, 6) is 0.659. The van der Waals surface area contributed by atoms with Gasteiger partial charge in [0.05, 0.1) is 7.11 Å². The van der Waals surface area contributed by atoms with Gasteiger partial charge in [0.25, 0.3) is 5.91 Å². The van der Waals surface area contributed by atoms with Crippen molar-refractivity contribution in [2.45, 2.75) is 25.2 Å². The maximum Gasteiger partial charge on any atom is 0.253 e. The third-order valence-corrected chi connectivity index (χ3v) is 5.57. The number of rotatable bonds is 5. The lowest BCUT2D eigenvalue weighted by Gasteiger charge is -2.32. The van der Waals surface area contributed by atoms with E-state index in [2.05, 4.69) is 6.07 Å². The topological polar surface area (TPSA) is 42.4 Å². The summed E-state index contributed by atoms with van der Waals surface area (Å²) in [6.07, 6.45) is 2.66. The average Bonchev–Trinajstić information content (AvgIpc) is 2.79. The van der Waals surface area contributed by atoms with Gasteiger partial charge in [-0.05, 0) is 66.9 Å². The molecule has 1 saturated heterocycles. The van der Waals surface area contributed by atoms with Crippen molar-refractivity contribution in [1.82, 2.24) is 9.88 Å². The van der Waals surface area contributed by atoms with Gasteiger partial charge >= 0.3 is 0 Å². The summed E-state index contributed by atoms with van der Waals surface area (Å²) >= 11 is 0. The van der Waals surface area contributed by atoms with Gasteiger partial charge in [-0.2, -0.15) is 0 Å². The largest absolute Gasteiger partial charge is 0.497 e. The average molecular weight is 404 g/mol. The first kappa shape index (κ1) is 20.1. The number of hydrogen-bond acceptors (Lipinski definition) is 3. The van der Waals surface area contributed by atoms with Crippen LogP contribution in [0.5, 0.6) is 5.75 Å². The van der Waals surface area contributed by atoms with Crippen LogP contribution in [0, 0.1) is 5.82 Å². The third kappa shape index (κ3) is 4.67. The molecule has 1 amide bonds. The Morgan fingerprint density at radius 2 is 1.93 bits per heavy atom. The van der Waals surface area contributed by atoms with Crippen molar-refractivity contribution in [3.63, 3.8) is 0 Å². The van der Waals surface area contributed by atoms with Crippen LogP contribution in [0.2, 0.25) is 0 Å². The van der Waals surface area contributed by atoms with Gasteiger partial charge in [0.2, 0.25) is 0 Å². The molecule has 4 nitrogen and oxygen atoms in total. The zero-order valence-electron chi connectivity index (χ0n) is 17.1. The molecule has 3 aromatic rings. The Bertz CT molecular complexity index is 1020. The maximum atomic E-state index is 13.2. The third-order valence-electron chi connectivity index (χ3n) is 5.57. The minimum absolute atomic E-state index is 0.0489. The Morgan fingerprint density at radius 3 is 2.73 bits per heavy atom. The SMILES string of the molecule is COc1cccc(Cc2cccc([C@H]3CCCN(C(=O)c4ccc(F)cc4)C3)n2)c1. The van der Waals surface area contributed by atoms with E-state index in [0.717, 1.165) is 48.5 Å². The molecule has 0 aliphatic carbocycles. The van der Waals surface area contributed by atoms with Gasteiger partial charge in [-0.25, -0.2) is 4.39 Å². The molecule has 0 N–H and O–H groups in total. The number of ether oxygens (including phenoxy) is 1. The number of halogens is 1. The van der Waals surface area contributed by atoms with E-state index in [-0.39, 0.29) is 17.6 Å². The van der Waals surface area contributed by atoms with Gasteiger partial charge in [-0.1, -0.05) is 18.2 Å². The van der Waals surface area contributed by atoms with Crippen LogP contribution in [0.15, 0.2) is 66.7 Å². The lowest BCUT2D eigenvalue weighted by Crippen LogP contribution is -2.39. The zero-order valence-corrected chi connectivity index (χ0v) is 17.1. The van der Waals surface area contributed by atoms with Crippen LogP contribution in [0.25, 0.3) is 0 Å². The number of piperidine rings is 1. The second-order valence-corrected chi connectivity index (χ2v) is 7.68. The van der Waals surface area contributed by atoms with Crippen LogP contribution in [-0.4, -0.2) is 36.0 Å². The highest BCUT2D eigenvalue weighted by Crippen LogP contribution is 2.27. The van der Waals surface area contributed by atoms with Crippen LogP contribution in [0.4, 0.5) is 4.39 Å². The molecular weight excluding hydrogens is 379 g/mol. The molecule has 1 aliphatic rings. The summed E-state index contributed by atoms with van der Waals surface area (Å²) in [6, 6.07) is 19.9. The summed E-state index contributed by atoms with van der Waals surface area (Å²) in [5.41, 5.74) is 3.70. The van der Waals surface area contributed by atoms with E-state index in [1.807, 2.05) is 41.3 Å². The fraction of sp³-hybridized carbons (Fsp3) is 0.280. The van der Waals surface area contributed by atoms with Crippen molar-refractivity contribution in [3.05, 3.63) is 95.1 Å². The Balaban J connectivity index is 1.47. The molecule has 2 heterocycles. The number of benzene rings is 2. The number of aromatic nitrogens is 1. The molecule has 154 valence electrons. The van der Waals surface area contributed by atoms with Crippen molar-refractivity contribution in [3.8, 4) is 5.75 Å². The summed E-state index contributed by atoms with van der Waals surface area (Å²) < 4.78 is 18.5. The summed E-state index contributed by atoms with van der Waals surface area (Å²) in [4.78, 5) is 19.6. The van der Waals surface area contributed by atoms with Crippen LogP contribution >= 0.6 is 0 Å². The molecule has 1 aliphatic heterocycles. The monoisotopic (exact) mass is 404 g/mol. The number of methoxy groups -OCH3 is 1. The first-order valence-corrected chi connectivity index (χ1v) is 10.3. The number of hydrogen-bond donors (Lipinski definition) is 0. The number of carbonyl (C=O) groups excluding carboxylic acids is 1. The zero-order chi connectivity index (χ0) is 20.9. The van der Waals surface area contributed by atoms with Crippen LogP contribution in [0.1, 0.15) is 46.1 Å². The molecule has 5 heteroatoms. The smallest absolute Gasteiger partial charge is 0.253 e. The predicted molar refractivity (Wildman–Crippen MR) is 114 cm³/mol. The van der Waals surface area contributed by atoms with Crippen LogP contribution < -0.4 is 4.74 Å². The lowest BCUT2D eigenvalue weighted by atomic mass is 9.93. The first-order chi connectivity index (χ1) is 14.6. The lowest BCUT2D eigenvalue weighted by molar-refractivity contribution is 0.0706. The fourth-order valence-corrected chi connectivity index (χ4v) is 3.99. The van der Waals surface area contributed by atoms with Crippen LogP contribution in [-0.2, 0) is 6.42 Å². The minimum atomic E-state index is -0.333. The maximum absolute atomic E-state index is 13.2. The van der Waals surface area contributed by atoms with Gasteiger partial charge < -0.3 is 9.64 Å². The Kier molecular flexibility index (Phi) is 6.07. The van der Waals surface area contributed by atoms with E-state index in [0.29, 0.717) is 12.1 Å². The van der Waals surface area contributed by atoms with Crippen LogP contribution in [0.3, 0.4) is 0 Å². The van der Waals surface area contributed by atoms with Crippen molar-refractivity contribution in [2.75, 3.05) is 20.2 Å². The summed E-state index contributed by atoms with van der Waals surface area (Å²) in [6.45, 7) is 1.35. The highest BCUT2D eigenvalue weighted by atomic mass is 19.1. The number of pyridine rings is 1. The van der Waals surface area contributed by atoms with Gasteiger partial charge in [-0.3, -0.25) is 9.78 Å². The summed E-state index contributed by atoms with van der Waals surface area (Å²) in [7, 11) is 1.67. The highest BCUT2D eigenvalue weighted by molar-refractivity contribution is 5.94. The van der Waals surface area contributed by atoms with Crippen molar-refractivity contribution < 1.29 is 13.9 Å². The first-order valence-electron chi connectivity index (χ1n) is 10.3. The van der Waals surface area contributed by atoms with Gasteiger partial charge in [0.15, 0.2) is 0 Å². The molecule has 1 fully saturated rings. The van der Waals surface area contributed by atoms with E-state index in [4.69, 9.17) is 9.72 Å². The molecular formula is C25H25FN2O2. The van der Waals surface area contributed by atoms with E-state index < -0.39 is 0 Å². The van der Waals surface area contributed by atoms with Crippen molar-refractivity contribution in [2.24, 2.45) is 0 Å². The van der Waals surface area contributed by atoms with Gasteiger partial charge in [0, 0.05) is 42.4 Å². The van der Waals surface area contributed by atoms with E-state index in [1.165, 1.54) is 12.1 Å². The number of carbonyl (C=O) groups is 1. The molecule has 4 rings (SSSR count). The molecule has 0 radical (unpaired) electrons. The molecule has 0 bridgehead atoms. The molecule has 0 spiro atoms. The highest BCUT2D eigenvalue weighted by Gasteiger charge is 2.26. The van der Waals surface area contributed by atoms with Gasteiger partial charge in [0.1, 0.15) is 11.6 Å². The van der Waals surface area contributed by atoms with E-state index >= 15 is 0 Å². The Labute approximate surface area is 176 Å². The molecule has 0 saturated carbocycles. The summed E-state index contributed by atoms with van der Waals surface area (Å²) in [5, 5.41) is 0. The number of amides is 1. The van der Waals surface area contributed by atoms with E-state index in [1.54, 1.807) is 19.2 Å². The predicted octanol–water partition coefficient (Wildman–Crippen LogP) is 4.84. The molecule has 1 atom stereocenters. The van der Waals surface area contributed by atoms with Crippen molar-refractivity contribution in [1.29, 1.82) is 0 Å². The Hall–Kier alpha value is -3.21. The fourth-order valence-electron chi connectivity index (χ4n) is 3.99. The van der Waals surface area contributed by atoms with Gasteiger partial charge in [-0.15, -0.1) is 0 Å². The quantitative estimate of drug-likeness (QED) is 0.611.